The van der Waals surface area contributed by atoms with Crippen LogP contribution in [-0.4, -0.2) is 21.2 Å². The van der Waals surface area contributed by atoms with Crippen LogP contribution in [0.1, 0.15) is 6.92 Å². The van der Waals surface area contributed by atoms with Crippen LogP contribution in [0, 0.1) is 0 Å². The molecule has 0 aliphatic heterocycles. The monoisotopic (exact) mass is 202 g/mol. The molecule has 0 spiro atoms. The lowest BCUT2D eigenvalue weighted by Crippen LogP contribution is -2.52. The highest BCUT2D eigenvalue weighted by Gasteiger charge is 2.26. The van der Waals surface area contributed by atoms with Gasteiger partial charge in [0, 0.05) is 6.20 Å². The molecule has 0 radical (unpaired) electrons. The maximum atomic E-state index is 10.9. The molecule has 1 unspecified atom stereocenters. The SMILES string of the molecule is CC(N)(Cn1cc(Cl)cn1)C(N)=O. The largest absolute Gasteiger partial charge is 0.368 e. The molecule has 1 heterocycles. The van der Waals surface area contributed by atoms with Crippen molar-refractivity contribution in [1.29, 1.82) is 0 Å². The second-order valence-corrected chi connectivity index (χ2v) is 3.57. The van der Waals surface area contributed by atoms with Gasteiger partial charge in [0.1, 0.15) is 5.54 Å². The molecule has 1 rings (SSSR count). The molecular weight excluding hydrogens is 192 g/mol. The minimum Gasteiger partial charge on any atom is -0.368 e. The number of hydrogen-bond donors (Lipinski definition) is 2. The maximum absolute atomic E-state index is 10.9. The standard InChI is InChI=1S/C7H11ClN4O/c1-7(10,6(9)13)4-12-3-5(8)2-11-12/h2-3H,4,10H2,1H3,(H2,9,13). The fourth-order valence-corrected chi connectivity index (χ4v) is 0.996. The number of nitrogens with zero attached hydrogens (tertiary/aromatic N) is 2. The fourth-order valence-electron chi connectivity index (χ4n) is 0.839. The Balaban J connectivity index is 2.74. The number of amides is 1. The zero-order valence-electron chi connectivity index (χ0n) is 7.20. The molecule has 13 heavy (non-hydrogen) atoms. The van der Waals surface area contributed by atoms with Crippen molar-refractivity contribution in [3.63, 3.8) is 0 Å². The molecule has 72 valence electrons. The van der Waals surface area contributed by atoms with E-state index in [4.69, 9.17) is 23.1 Å². The van der Waals surface area contributed by atoms with Gasteiger partial charge in [0.15, 0.2) is 0 Å². The molecule has 0 saturated heterocycles. The average molecular weight is 203 g/mol. The highest BCUT2D eigenvalue weighted by molar-refractivity contribution is 6.30. The Morgan fingerprint density at radius 2 is 2.46 bits per heavy atom. The van der Waals surface area contributed by atoms with Crippen LogP contribution in [0.5, 0.6) is 0 Å². The van der Waals surface area contributed by atoms with Crippen molar-refractivity contribution in [2.24, 2.45) is 11.5 Å². The third-order valence-corrected chi connectivity index (χ3v) is 1.85. The summed E-state index contributed by atoms with van der Waals surface area (Å²) in [4.78, 5) is 10.9. The number of carbonyl (C=O) groups excluding carboxylic acids is 1. The number of nitrogens with two attached hydrogens (primary N) is 2. The van der Waals surface area contributed by atoms with Gasteiger partial charge in [-0.25, -0.2) is 0 Å². The van der Waals surface area contributed by atoms with Crippen molar-refractivity contribution >= 4 is 17.5 Å². The summed E-state index contributed by atoms with van der Waals surface area (Å²) < 4.78 is 1.48. The molecule has 0 aromatic carbocycles. The van der Waals surface area contributed by atoms with E-state index in [0.717, 1.165) is 0 Å². The van der Waals surface area contributed by atoms with Crippen molar-refractivity contribution in [2.75, 3.05) is 0 Å². The van der Waals surface area contributed by atoms with Crippen LogP contribution in [0.15, 0.2) is 12.4 Å². The second-order valence-electron chi connectivity index (χ2n) is 3.14. The van der Waals surface area contributed by atoms with E-state index in [-0.39, 0.29) is 6.54 Å². The molecule has 6 heteroatoms. The van der Waals surface area contributed by atoms with Gasteiger partial charge in [0.2, 0.25) is 5.91 Å². The third kappa shape index (κ3) is 2.43. The number of rotatable bonds is 3. The van der Waals surface area contributed by atoms with E-state index in [9.17, 15) is 4.79 Å². The molecule has 1 aromatic heterocycles. The van der Waals surface area contributed by atoms with Crippen molar-refractivity contribution in [1.82, 2.24) is 9.78 Å². The lowest BCUT2D eigenvalue weighted by Gasteiger charge is -2.19. The smallest absolute Gasteiger partial charge is 0.239 e. The minimum absolute atomic E-state index is 0.217. The first-order valence-corrected chi connectivity index (χ1v) is 4.06. The van der Waals surface area contributed by atoms with E-state index in [0.29, 0.717) is 5.02 Å². The molecule has 0 aliphatic rings. The summed E-state index contributed by atoms with van der Waals surface area (Å²) >= 11 is 5.63. The highest BCUT2D eigenvalue weighted by Crippen LogP contribution is 2.08. The summed E-state index contributed by atoms with van der Waals surface area (Å²) in [6, 6.07) is 0. The van der Waals surface area contributed by atoms with E-state index in [2.05, 4.69) is 5.10 Å². The Hall–Kier alpha value is -1.07. The first kappa shape index (κ1) is 10.0. The first-order chi connectivity index (χ1) is 5.92. The predicted molar refractivity (Wildman–Crippen MR) is 49.0 cm³/mol. The molecule has 1 atom stereocenters. The summed E-state index contributed by atoms with van der Waals surface area (Å²) in [5, 5.41) is 4.38. The van der Waals surface area contributed by atoms with Crippen LogP contribution in [0.3, 0.4) is 0 Å². The number of aromatic nitrogens is 2. The zero-order valence-corrected chi connectivity index (χ0v) is 7.95. The van der Waals surface area contributed by atoms with Gasteiger partial charge in [-0.2, -0.15) is 5.10 Å². The van der Waals surface area contributed by atoms with E-state index < -0.39 is 11.4 Å². The zero-order chi connectivity index (χ0) is 10.1. The molecule has 1 amide bonds. The van der Waals surface area contributed by atoms with E-state index in [1.807, 2.05) is 0 Å². The Morgan fingerprint density at radius 1 is 1.85 bits per heavy atom. The topological polar surface area (TPSA) is 86.9 Å². The van der Waals surface area contributed by atoms with Crippen LogP contribution in [0.2, 0.25) is 5.02 Å². The van der Waals surface area contributed by atoms with Gasteiger partial charge in [-0.05, 0) is 6.92 Å². The van der Waals surface area contributed by atoms with Gasteiger partial charge in [-0.15, -0.1) is 0 Å². The Labute approximate surface area is 80.6 Å². The molecule has 0 saturated carbocycles. The lowest BCUT2D eigenvalue weighted by atomic mass is 10.0. The van der Waals surface area contributed by atoms with E-state index in [1.165, 1.54) is 10.9 Å². The van der Waals surface area contributed by atoms with Crippen LogP contribution in [0.25, 0.3) is 0 Å². The minimum atomic E-state index is -1.10. The van der Waals surface area contributed by atoms with Crippen LogP contribution < -0.4 is 11.5 Å². The van der Waals surface area contributed by atoms with Crippen LogP contribution in [-0.2, 0) is 11.3 Å². The van der Waals surface area contributed by atoms with Gasteiger partial charge in [0.25, 0.3) is 0 Å². The molecule has 1 aromatic rings. The van der Waals surface area contributed by atoms with Crippen molar-refractivity contribution in [3.05, 3.63) is 17.4 Å². The van der Waals surface area contributed by atoms with Crippen molar-refractivity contribution in [2.45, 2.75) is 19.0 Å². The number of hydrogen-bond acceptors (Lipinski definition) is 3. The van der Waals surface area contributed by atoms with Gasteiger partial charge >= 0.3 is 0 Å². The summed E-state index contributed by atoms with van der Waals surface area (Å²) in [5.41, 5.74) is 9.61. The van der Waals surface area contributed by atoms with Crippen LogP contribution in [0.4, 0.5) is 0 Å². The first-order valence-electron chi connectivity index (χ1n) is 3.68. The summed E-state index contributed by atoms with van der Waals surface area (Å²) in [6.07, 6.45) is 3.05. The number of primary amides is 1. The van der Waals surface area contributed by atoms with Gasteiger partial charge in [-0.1, -0.05) is 11.6 Å². The van der Waals surface area contributed by atoms with Gasteiger partial charge in [0.05, 0.1) is 17.8 Å². The molecule has 0 fully saturated rings. The number of halogens is 1. The lowest BCUT2D eigenvalue weighted by molar-refractivity contribution is -0.123. The molecule has 0 bridgehead atoms. The van der Waals surface area contributed by atoms with Crippen molar-refractivity contribution < 1.29 is 4.79 Å². The fraction of sp³-hybridized carbons (Fsp3) is 0.429. The Bertz CT molecular complexity index is 320. The predicted octanol–water partition coefficient (Wildman–Crippen LogP) is -0.261. The highest BCUT2D eigenvalue weighted by atomic mass is 35.5. The molecule has 4 N–H and O–H groups in total. The van der Waals surface area contributed by atoms with Gasteiger partial charge < -0.3 is 11.5 Å². The summed E-state index contributed by atoms with van der Waals surface area (Å²) in [7, 11) is 0. The van der Waals surface area contributed by atoms with Gasteiger partial charge in [-0.3, -0.25) is 9.48 Å². The average Bonchev–Trinajstić information content (AvgIpc) is 2.34. The Kier molecular flexibility index (Phi) is 2.58. The quantitative estimate of drug-likeness (QED) is 0.708. The third-order valence-electron chi connectivity index (χ3n) is 1.66. The van der Waals surface area contributed by atoms with Crippen molar-refractivity contribution in [3.8, 4) is 0 Å². The molecular formula is C7H11ClN4O. The normalized spacial score (nSPS) is 15.3. The second kappa shape index (κ2) is 3.35. The Morgan fingerprint density at radius 3 is 2.85 bits per heavy atom. The van der Waals surface area contributed by atoms with E-state index >= 15 is 0 Å². The number of carbonyl (C=O) groups is 1. The van der Waals surface area contributed by atoms with E-state index in [1.54, 1.807) is 13.1 Å². The maximum Gasteiger partial charge on any atom is 0.239 e. The summed E-state index contributed by atoms with van der Waals surface area (Å²) in [5.74, 6) is -0.570. The summed E-state index contributed by atoms with van der Waals surface area (Å²) in [6.45, 7) is 1.76. The molecule has 0 aliphatic carbocycles. The molecule has 5 nitrogen and oxygen atoms in total. The van der Waals surface area contributed by atoms with Crippen LogP contribution >= 0.6 is 11.6 Å².